The molecule has 8 nitrogen and oxygen atoms in total. The fraction of sp³-hybridized carbons (Fsp3) is 0.500. The van der Waals surface area contributed by atoms with E-state index in [0.29, 0.717) is 16.1 Å². The predicted octanol–water partition coefficient (Wildman–Crippen LogP) is 2.07. The van der Waals surface area contributed by atoms with E-state index in [0.717, 1.165) is 10.6 Å². The van der Waals surface area contributed by atoms with E-state index in [1.165, 1.54) is 6.07 Å². The fourth-order valence-electron chi connectivity index (χ4n) is 3.57. The van der Waals surface area contributed by atoms with Crippen molar-refractivity contribution in [3.63, 3.8) is 0 Å². The molecule has 3 rings (SSSR count). The second kappa shape index (κ2) is 10.9. The van der Waals surface area contributed by atoms with Crippen LogP contribution in [0.2, 0.25) is 5.02 Å². The lowest BCUT2D eigenvalue weighted by atomic mass is 9.87. The largest absolute Gasteiger partial charge is 0.396 e. The van der Waals surface area contributed by atoms with Crippen LogP contribution in [0, 0.1) is 5.41 Å². The van der Waals surface area contributed by atoms with Crippen LogP contribution >= 0.6 is 11.6 Å². The average Bonchev–Trinajstić information content (AvgIpc) is 2.74. The highest BCUT2D eigenvalue weighted by Crippen LogP contribution is 2.27. The lowest BCUT2D eigenvalue weighted by Gasteiger charge is -2.39. The van der Waals surface area contributed by atoms with Crippen molar-refractivity contribution in [2.24, 2.45) is 5.41 Å². The number of alkyl halides is 3. The van der Waals surface area contributed by atoms with Gasteiger partial charge in [-0.3, -0.25) is 14.2 Å². The molecule has 0 aliphatic carbocycles. The van der Waals surface area contributed by atoms with Crippen LogP contribution in [0.5, 0.6) is 0 Å². The molecule has 0 unspecified atom stereocenters. The molecule has 0 saturated carbocycles. The van der Waals surface area contributed by atoms with E-state index < -0.39 is 36.0 Å². The van der Waals surface area contributed by atoms with E-state index in [-0.39, 0.29) is 57.3 Å². The van der Waals surface area contributed by atoms with Gasteiger partial charge in [0.05, 0.1) is 37.5 Å². The Morgan fingerprint density at radius 3 is 2.59 bits per heavy atom. The Kier molecular flexibility index (Phi) is 8.34. The van der Waals surface area contributed by atoms with Crippen LogP contribution in [0.15, 0.2) is 29.1 Å². The molecule has 0 spiro atoms. The minimum absolute atomic E-state index is 0.0181. The molecule has 1 saturated heterocycles. The van der Waals surface area contributed by atoms with Crippen LogP contribution in [0.1, 0.15) is 24.2 Å². The molecule has 186 valence electrons. The summed E-state index contributed by atoms with van der Waals surface area (Å²) in [7, 11) is 0. The van der Waals surface area contributed by atoms with Gasteiger partial charge in [0.25, 0.3) is 5.56 Å². The number of aliphatic hydroxyl groups excluding tert-OH is 2. The molecule has 12 heteroatoms. The average molecular weight is 504 g/mol. The number of aryl methyl sites for hydroxylation is 1. The Bertz CT molecular complexity index is 1080. The molecule has 1 aliphatic heterocycles. The molecule has 3 N–H and O–H groups in total. The van der Waals surface area contributed by atoms with Gasteiger partial charge in [-0.2, -0.15) is 13.2 Å². The zero-order valence-electron chi connectivity index (χ0n) is 18.2. The topological polar surface area (TPSA) is 114 Å². The van der Waals surface area contributed by atoms with Gasteiger partial charge < -0.3 is 20.3 Å². The van der Waals surface area contributed by atoms with Gasteiger partial charge in [0, 0.05) is 36.0 Å². The number of nitrogens with one attached hydrogen (secondary N) is 1. The summed E-state index contributed by atoms with van der Waals surface area (Å²) < 4.78 is 44.2. The van der Waals surface area contributed by atoms with Crippen LogP contribution in [0.3, 0.4) is 0 Å². The summed E-state index contributed by atoms with van der Waals surface area (Å²) in [4.78, 5) is 29.8. The van der Waals surface area contributed by atoms with E-state index in [2.05, 4.69) is 10.3 Å². The third-order valence-corrected chi connectivity index (χ3v) is 5.81. The number of amides is 1. The van der Waals surface area contributed by atoms with Crippen LogP contribution < -0.4 is 10.9 Å². The number of benzene rings is 1. The first-order valence-electron chi connectivity index (χ1n) is 10.6. The Morgan fingerprint density at radius 1 is 1.26 bits per heavy atom. The van der Waals surface area contributed by atoms with Gasteiger partial charge in [-0.1, -0.05) is 17.7 Å². The van der Waals surface area contributed by atoms with Crippen molar-refractivity contribution in [2.75, 3.05) is 26.4 Å². The first-order valence-corrected chi connectivity index (χ1v) is 11.0. The highest BCUT2D eigenvalue weighted by molar-refractivity contribution is 6.30. The van der Waals surface area contributed by atoms with Crippen LogP contribution in [-0.4, -0.2) is 58.2 Å². The quantitative estimate of drug-likeness (QED) is 0.457. The van der Waals surface area contributed by atoms with Gasteiger partial charge in [0.15, 0.2) is 0 Å². The molecule has 1 aliphatic rings. The Labute approximate surface area is 198 Å². The molecule has 0 radical (unpaired) electrons. The van der Waals surface area contributed by atoms with E-state index in [1.54, 1.807) is 12.1 Å². The van der Waals surface area contributed by atoms with Crippen molar-refractivity contribution in [1.82, 2.24) is 14.9 Å². The molecule has 1 aromatic heterocycles. The van der Waals surface area contributed by atoms with Crippen LogP contribution in [0.25, 0.3) is 11.3 Å². The lowest BCUT2D eigenvalue weighted by molar-refractivity contribution is -0.141. The number of carbonyl (C=O) groups is 1. The van der Waals surface area contributed by atoms with E-state index in [1.807, 2.05) is 0 Å². The number of halogens is 4. The summed E-state index contributed by atoms with van der Waals surface area (Å²) >= 11 is 5.95. The third kappa shape index (κ3) is 6.56. The van der Waals surface area contributed by atoms with Gasteiger partial charge in [0.2, 0.25) is 5.91 Å². The predicted molar refractivity (Wildman–Crippen MR) is 117 cm³/mol. The monoisotopic (exact) mass is 503 g/mol. The number of rotatable bonds is 10. The van der Waals surface area contributed by atoms with Crippen molar-refractivity contribution >= 4 is 17.5 Å². The number of hydrogen-bond acceptors (Lipinski definition) is 6. The van der Waals surface area contributed by atoms with Gasteiger partial charge in [-0.25, -0.2) is 4.98 Å². The first kappa shape index (κ1) is 26.1. The van der Waals surface area contributed by atoms with E-state index >= 15 is 0 Å². The van der Waals surface area contributed by atoms with E-state index in [4.69, 9.17) is 16.3 Å². The number of hydrogen-bond donors (Lipinski definition) is 3. The molecular formula is C22H25ClF3N3O5. The molecule has 0 atom stereocenters. The molecule has 2 aromatic rings. The summed E-state index contributed by atoms with van der Waals surface area (Å²) in [5.41, 5.74) is -0.228. The Hall–Kier alpha value is -2.47. The summed E-state index contributed by atoms with van der Waals surface area (Å²) in [6.07, 6.45) is -5.95. The van der Waals surface area contributed by atoms with Gasteiger partial charge >= 0.3 is 6.18 Å². The Balaban J connectivity index is 1.88. The summed E-state index contributed by atoms with van der Waals surface area (Å²) in [6.45, 7) is -0.295. The minimum atomic E-state index is -4.37. The summed E-state index contributed by atoms with van der Waals surface area (Å²) in [6, 6.07) is 5.77. The molecule has 2 heterocycles. The number of aliphatic hydroxyl groups is 2. The van der Waals surface area contributed by atoms with Gasteiger partial charge in [-0.15, -0.1) is 0 Å². The Morgan fingerprint density at radius 2 is 2.00 bits per heavy atom. The van der Waals surface area contributed by atoms with Crippen molar-refractivity contribution in [3.8, 4) is 11.3 Å². The zero-order chi connectivity index (χ0) is 24.9. The van der Waals surface area contributed by atoms with Crippen LogP contribution in [0.4, 0.5) is 13.2 Å². The SMILES string of the molecule is O=C(Cn1c(CCCC(F)(F)F)nc(-c2ccc(Cl)cc2CO)cc1=O)NCC1(CO)COC1. The molecule has 1 amide bonds. The highest BCUT2D eigenvalue weighted by atomic mass is 35.5. The maximum absolute atomic E-state index is 12.9. The van der Waals surface area contributed by atoms with Gasteiger partial charge in [-0.05, 0) is 24.1 Å². The highest BCUT2D eigenvalue weighted by Gasteiger charge is 2.38. The molecule has 1 fully saturated rings. The lowest BCUT2D eigenvalue weighted by Crippen LogP contribution is -2.53. The third-order valence-electron chi connectivity index (χ3n) is 5.58. The fourth-order valence-corrected chi connectivity index (χ4v) is 3.76. The number of aromatic nitrogens is 2. The van der Waals surface area contributed by atoms with Crippen molar-refractivity contribution in [1.29, 1.82) is 0 Å². The maximum Gasteiger partial charge on any atom is 0.389 e. The summed E-state index contributed by atoms with van der Waals surface area (Å²) in [5.74, 6) is -0.527. The number of ether oxygens (including phenoxy) is 1. The summed E-state index contributed by atoms with van der Waals surface area (Å²) in [5, 5.41) is 22.1. The molecular weight excluding hydrogens is 479 g/mol. The minimum Gasteiger partial charge on any atom is -0.396 e. The zero-order valence-corrected chi connectivity index (χ0v) is 19.0. The van der Waals surface area contributed by atoms with Crippen LogP contribution in [-0.2, 0) is 29.1 Å². The number of nitrogens with zero attached hydrogens (tertiary/aromatic N) is 2. The van der Waals surface area contributed by atoms with Crippen molar-refractivity contribution < 1.29 is 32.9 Å². The maximum atomic E-state index is 12.9. The van der Waals surface area contributed by atoms with Crippen molar-refractivity contribution in [3.05, 3.63) is 51.0 Å². The van der Waals surface area contributed by atoms with Gasteiger partial charge in [0.1, 0.15) is 12.4 Å². The van der Waals surface area contributed by atoms with E-state index in [9.17, 15) is 33.0 Å². The van der Waals surface area contributed by atoms with Crippen molar-refractivity contribution in [2.45, 2.75) is 38.6 Å². The molecule has 34 heavy (non-hydrogen) atoms. The molecule has 1 aromatic carbocycles. The second-order valence-electron chi connectivity index (χ2n) is 8.34. The second-order valence-corrected chi connectivity index (χ2v) is 8.77. The number of carbonyl (C=O) groups excluding carboxylic acids is 1. The normalized spacial score (nSPS) is 15.1. The standard InChI is InChI=1S/C22H25ClF3N3O5/c23-15-3-4-16(14(6-15)9-30)17-7-20(33)29(18(28-17)2-1-5-22(24,25)26)8-19(32)27-10-21(11-31)12-34-13-21/h3-4,6-7,30-31H,1-2,5,8-13H2,(H,27,32). The smallest absolute Gasteiger partial charge is 0.389 e. The molecule has 0 bridgehead atoms. The first-order chi connectivity index (χ1) is 16.1.